The van der Waals surface area contributed by atoms with Crippen LogP contribution in [0.4, 0.5) is 5.69 Å². The van der Waals surface area contributed by atoms with Crippen molar-refractivity contribution in [2.75, 3.05) is 5.73 Å². The lowest BCUT2D eigenvalue weighted by Crippen LogP contribution is -1.99. The van der Waals surface area contributed by atoms with Gasteiger partial charge < -0.3 is 5.73 Å². The first-order valence-corrected chi connectivity index (χ1v) is 7.61. The van der Waals surface area contributed by atoms with Crippen molar-refractivity contribution in [3.8, 4) is 11.1 Å². The predicted octanol–water partition coefficient (Wildman–Crippen LogP) is 4.93. The van der Waals surface area contributed by atoms with E-state index in [4.69, 9.17) is 5.73 Å². The Labute approximate surface area is 122 Å². The van der Waals surface area contributed by atoms with Crippen molar-refractivity contribution in [3.63, 3.8) is 0 Å². The number of hydrogen-bond acceptors (Lipinski definition) is 1. The first kappa shape index (κ1) is 14.6. The average Bonchev–Trinajstić information content (AvgIpc) is 2.48. The summed E-state index contributed by atoms with van der Waals surface area (Å²) in [6.07, 6.45) is 3.21. The van der Waals surface area contributed by atoms with Crippen LogP contribution in [0, 0.1) is 6.92 Å². The summed E-state index contributed by atoms with van der Waals surface area (Å²) >= 11 is 0. The third-order valence-corrected chi connectivity index (χ3v) is 4.06. The molecule has 2 N–H and O–H groups in total. The highest BCUT2D eigenvalue weighted by Gasteiger charge is 2.13. The number of anilines is 1. The maximum Gasteiger partial charge on any atom is 0.0320 e. The van der Waals surface area contributed by atoms with Crippen LogP contribution >= 0.6 is 0 Å². The summed E-state index contributed by atoms with van der Waals surface area (Å²) in [4.78, 5) is 0. The van der Waals surface area contributed by atoms with E-state index in [0.717, 1.165) is 24.9 Å². The van der Waals surface area contributed by atoms with E-state index in [1.54, 1.807) is 0 Å². The van der Waals surface area contributed by atoms with E-state index in [2.05, 4.69) is 52.0 Å². The highest BCUT2D eigenvalue weighted by Crippen LogP contribution is 2.33. The van der Waals surface area contributed by atoms with Crippen LogP contribution in [0.25, 0.3) is 11.1 Å². The molecule has 2 aromatic carbocycles. The minimum absolute atomic E-state index is 0.842. The van der Waals surface area contributed by atoms with Gasteiger partial charge in [-0.15, -0.1) is 0 Å². The summed E-state index contributed by atoms with van der Waals surface area (Å²) in [6, 6.07) is 10.9. The molecule has 0 unspecified atom stereocenters. The lowest BCUT2D eigenvalue weighted by molar-refractivity contribution is 1.05. The summed E-state index contributed by atoms with van der Waals surface area (Å²) in [5.74, 6) is 0. The molecule has 0 aromatic heterocycles. The zero-order valence-electron chi connectivity index (χ0n) is 13.1. The number of nitrogen functional groups attached to an aromatic ring is 1. The van der Waals surface area contributed by atoms with E-state index in [1.165, 1.54) is 33.4 Å². The van der Waals surface area contributed by atoms with Crippen LogP contribution in [0.3, 0.4) is 0 Å². The van der Waals surface area contributed by atoms with Crippen molar-refractivity contribution in [1.29, 1.82) is 0 Å². The van der Waals surface area contributed by atoms with E-state index < -0.39 is 0 Å². The van der Waals surface area contributed by atoms with Gasteiger partial charge in [-0.2, -0.15) is 0 Å². The van der Waals surface area contributed by atoms with Crippen LogP contribution in [0.15, 0.2) is 30.3 Å². The van der Waals surface area contributed by atoms with Crippen LogP contribution in [-0.2, 0) is 19.3 Å². The van der Waals surface area contributed by atoms with Gasteiger partial charge in [0.15, 0.2) is 0 Å². The lowest BCUT2D eigenvalue weighted by Gasteiger charge is -2.18. The number of rotatable bonds is 4. The Morgan fingerprint density at radius 1 is 0.850 bits per heavy atom. The molecular weight excluding hydrogens is 242 g/mol. The van der Waals surface area contributed by atoms with Gasteiger partial charge in [0.05, 0.1) is 0 Å². The molecule has 0 spiro atoms. The monoisotopic (exact) mass is 267 g/mol. The van der Waals surface area contributed by atoms with E-state index in [9.17, 15) is 0 Å². The first-order valence-electron chi connectivity index (χ1n) is 7.61. The lowest BCUT2D eigenvalue weighted by atomic mass is 9.87. The van der Waals surface area contributed by atoms with Crippen molar-refractivity contribution in [2.45, 2.75) is 47.0 Å². The van der Waals surface area contributed by atoms with Crippen molar-refractivity contribution in [1.82, 2.24) is 0 Å². The average molecular weight is 267 g/mol. The van der Waals surface area contributed by atoms with Gasteiger partial charge in [-0.25, -0.2) is 0 Å². The Morgan fingerprint density at radius 2 is 1.45 bits per heavy atom. The van der Waals surface area contributed by atoms with Crippen molar-refractivity contribution in [2.24, 2.45) is 0 Å². The zero-order valence-corrected chi connectivity index (χ0v) is 13.1. The molecule has 2 aromatic rings. The van der Waals surface area contributed by atoms with Gasteiger partial charge in [0.25, 0.3) is 0 Å². The second-order valence-corrected chi connectivity index (χ2v) is 5.42. The Balaban J connectivity index is 2.74. The van der Waals surface area contributed by atoms with Crippen LogP contribution < -0.4 is 5.73 Å². The second-order valence-electron chi connectivity index (χ2n) is 5.42. The van der Waals surface area contributed by atoms with Crippen LogP contribution in [0.2, 0.25) is 0 Å². The van der Waals surface area contributed by atoms with Gasteiger partial charge in [0.2, 0.25) is 0 Å². The van der Waals surface area contributed by atoms with Crippen LogP contribution in [0.5, 0.6) is 0 Å². The summed E-state index contributed by atoms with van der Waals surface area (Å²) in [6.45, 7) is 8.86. The number of aryl methyl sites for hydroxylation is 4. The Morgan fingerprint density at radius 3 is 1.95 bits per heavy atom. The molecule has 0 atom stereocenters. The standard InChI is InChI=1S/C19H25N/c1-5-14-10-15(6-2)19(16(7-3)11-14)18-12-17(20)9-8-13(18)4/h8-12H,5-7,20H2,1-4H3. The fraction of sp³-hybridized carbons (Fsp3) is 0.368. The fourth-order valence-corrected chi connectivity index (χ4v) is 2.86. The fourth-order valence-electron chi connectivity index (χ4n) is 2.86. The molecule has 1 nitrogen and oxygen atoms in total. The van der Waals surface area contributed by atoms with E-state index in [1.807, 2.05) is 6.07 Å². The van der Waals surface area contributed by atoms with E-state index in [-0.39, 0.29) is 0 Å². The predicted molar refractivity (Wildman–Crippen MR) is 89.2 cm³/mol. The summed E-state index contributed by atoms with van der Waals surface area (Å²) in [5, 5.41) is 0. The van der Waals surface area contributed by atoms with Gasteiger partial charge in [0, 0.05) is 5.69 Å². The molecule has 2 rings (SSSR count). The normalized spacial score (nSPS) is 10.8. The Kier molecular flexibility index (Phi) is 4.49. The van der Waals surface area contributed by atoms with E-state index in [0.29, 0.717) is 0 Å². The van der Waals surface area contributed by atoms with Crippen molar-refractivity contribution in [3.05, 3.63) is 52.6 Å². The van der Waals surface area contributed by atoms with Crippen LogP contribution in [-0.4, -0.2) is 0 Å². The minimum Gasteiger partial charge on any atom is -0.399 e. The number of benzene rings is 2. The van der Waals surface area contributed by atoms with Crippen LogP contribution in [0.1, 0.15) is 43.0 Å². The smallest absolute Gasteiger partial charge is 0.0320 e. The second kappa shape index (κ2) is 6.13. The Hall–Kier alpha value is -1.76. The summed E-state index contributed by atoms with van der Waals surface area (Å²) in [5.41, 5.74) is 15.2. The topological polar surface area (TPSA) is 26.0 Å². The molecule has 0 bridgehead atoms. The van der Waals surface area contributed by atoms with Crippen molar-refractivity contribution >= 4 is 5.69 Å². The molecular formula is C19H25N. The highest BCUT2D eigenvalue weighted by molar-refractivity contribution is 5.77. The molecule has 106 valence electrons. The number of nitrogens with two attached hydrogens (primary N) is 1. The van der Waals surface area contributed by atoms with Gasteiger partial charge in [-0.3, -0.25) is 0 Å². The molecule has 0 fully saturated rings. The first-order chi connectivity index (χ1) is 9.60. The molecule has 0 aliphatic carbocycles. The molecule has 0 amide bonds. The van der Waals surface area contributed by atoms with Crippen molar-refractivity contribution < 1.29 is 0 Å². The van der Waals surface area contributed by atoms with E-state index >= 15 is 0 Å². The molecule has 0 saturated carbocycles. The van der Waals surface area contributed by atoms with Gasteiger partial charge >= 0.3 is 0 Å². The quantitative estimate of drug-likeness (QED) is 0.781. The maximum atomic E-state index is 6.00. The minimum atomic E-state index is 0.842. The molecule has 0 aliphatic rings. The number of hydrogen-bond donors (Lipinski definition) is 1. The third-order valence-electron chi connectivity index (χ3n) is 4.06. The molecule has 1 heteroatoms. The summed E-state index contributed by atoms with van der Waals surface area (Å²) in [7, 11) is 0. The van der Waals surface area contributed by atoms with Gasteiger partial charge in [-0.1, -0.05) is 39.0 Å². The highest BCUT2D eigenvalue weighted by atomic mass is 14.5. The largest absolute Gasteiger partial charge is 0.399 e. The molecule has 0 radical (unpaired) electrons. The maximum absolute atomic E-state index is 6.00. The Bertz CT molecular complexity index is 586. The molecule has 20 heavy (non-hydrogen) atoms. The summed E-state index contributed by atoms with van der Waals surface area (Å²) < 4.78 is 0. The van der Waals surface area contributed by atoms with Gasteiger partial charge in [0.1, 0.15) is 0 Å². The molecule has 0 saturated heterocycles. The molecule has 0 heterocycles. The SMILES string of the molecule is CCc1cc(CC)c(-c2cc(N)ccc2C)c(CC)c1. The zero-order chi connectivity index (χ0) is 14.7. The molecule has 0 aliphatic heterocycles. The third kappa shape index (κ3) is 2.72. The van der Waals surface area contributed by atoms with Gasteiger partial charge in [-0.05, 0) is 71.7 Å².